The number of nitrogens with one attached hydrogen (secondary N) is 1. The summed E-state index contributed by atoms with van der Waals surface area (Å²) < 4.78 is 15.8. The van der Waals surface area contributed by atoms with E-state index in [9.17, 15) is 9.59 Å². The van der Waals surface area contributed by atoms with E-state index >= 15 is 0 Å². The molecule has 2 aromatic rings. The summed E-state index contributed by atoms with van der Waals surface area (Å²) in [6, 6.07) is 13.3. The Hall–Kier alpha value is -3.22. The number of hydrogen-bond donors (Lipinski definition) is 1. The van der Waals surface area contributed by atoms with Crippen LogP contribution in [0.4, 0.5) is 0 Å². The Morgan fingerprint density at radius 2 is 1.83 bits per heavy atom. The Bertz CT molecular complexity index is 899. The molecule has 1 aliphatic heterocycles. The summed E-state index contributed by atoms with van der Waals surface area (Å²) in [7, 11) is 4.80. The van der Waals surface area contributed by atoms with E-state index in [1.165, 1.54) is 0 Å². The first-order valence-electron chi connectivity index (χ1n) is 9.93. The standard InChI is InChI=1S/C23H28N2O5/c1-28-19-6-4-5-17(11-19)14-24-23(27)18-13-22(26)25(15-18)10-9-16-7-8-20(29-2)21(12-16)30-3/h4-8,11-12,18H,9-10,13-15H2,1-3H3,(H,24,27). The maximum atomic E-state index is 12.5. The summed E-state index contributed by atoms with van der Waals surface area (Å²) in [5.41, 5.74) is 2.00. The maximum absolute atomic E-state index is 12.5. The molecule has 1 N–H and O–H groups in total. The average Bonchev–Trinajstić information content (AvgIpc) is 3.16. The topological polar surface area (TPSA) is 77.1 Å². The fourth-order valence-electron chi connectivity index (χ4n) is 3.58. The molecule has 1 fully saturated rings. The van der Waals surface area contributed by atoms with Crippen molar-refractivity contribution in [1.82, 2.24) is 10.2 Å². The number of hydrogen-bond acceptors (Lipinski definition) is 5. The van der Waals surface area contributed by atoms with Gasteiger partial charge in [-0.3, -0.25) is 9.59 Å². The van der Waals surface area contributed by atoms with Crippen LogP contribution in [-0.4, -0.2) is 51.1 Å². The first-order chi connectivity index (χ1) is 14.5. The lowest BCUT2D eigenvalue weighted by Gasteiger charge is -2.17. The highest BCUT2D eigenvalue weighted by Gasteiger charge is 2.33. The van der Waals surface area contributed by atoms with Gasteiger partial charge in [-0.2, -0.15) is 0 Å². The zero-order chi connectivity index (χ0) is 21.5. The molecule has 0 radical (unpaired) electrons. The van der Waals surface area contributed by atoms with Crippen LogP contribution >= 0.6 is 0 Å². The molecule has 3 rings (SSSR count). The Morgan fingerprint density at radius 3 is 2.57 bits per heavy atom. The molecule has 160 valence electrons. The van der Waals surface area contributed by atoms with Crippen LogP contribution in [0.3, 0.4) is 0 Å². The molecular weight excluding hydrogens is 384 g/mol. The quantitative estimate of drug-likeness (QED) is 0.685. The van der Waals surface area contributed by atoms with Crippen molar-refractivity contribution in [2.24, 2.45) is 5.92 Å². The smallest absolute Gasteiger partial charge is 0.225 e. The third-order valence-corrected chi connectivity index (χ3v) is 5.30. The summed E-state index contributed by atoms with van der Waals surface area (Å²) in [6.45, 7) is 1.41. The van der Waals surface area contributed by atoms with Crippen LogP contribution < -0.4 is 19.5 Å². The molecule has 2 aromatic carbocycles. The number of ether oxygens (including phenoxy) is 3. The molecule has 30 heavy (non-hydrogen) atoms. The first-order valence-corrected chi connectivity index (χ1v) is 9.93. The first kappa shape index (κ1) is 21.5. The van der Waals surface area contributed by atoms with E-state index in [4.69, 9.17) is 14.2 Å². The number of carbonyl (C=O) groups is 2. The second kappa shape index (κ2) is 10.0. The summed E-state index contributed by atoms with van der Waals surface area (Å²) in [4.78, 5) is 26.7. The predicted molar refractivity (Wildman–Crippen MR) is 113 cm³/mol. The second-order valence-corrected chi connectivity index (χ2v) is 7.25. The lowest BCUT2D eigenvalue weighted by molar-refractivity contribution is -0.129. The SMILES string of the molecule is COc1cccc(CNC(=O)C2CC(=O)N(CCc3ccc(OC)c(OC)c3)C2)c1. The van der Waals surface area contributed by atoms with Crippen molar-refractivity contribution in [2.75, 3.05) is 34.4 Å². The fourth-order valence-corrected chi connectivity index (χ4v) is 3.58. The maximum Gasteiger partial charge on any atom is 0.225 e. The molecule has 0 spiro atoms. The van der Waals surface area contributed by atoms with Crippen LogP contribution in [0.25, 0.3) is 0 Å². The van der Waals surface area contributed by atoms with Gasteiger partial charge < -0.3 is 24.4 Å². The van der Waals surface area contributed by atoms with Crippen molar-refractivity contribution in [1.29, 1.82) is 0 Å². The van der Waals surface area contributed by atoms with Crippen LogP contribution in [0.2, 0.25) is 0 Å². The van der Waals surface area contributed by atoms with E-state index in [1.807, 2.05) is 42.5 Å². The van der Waals surface area contributed by atoms with Crippen LogP contribution in [0.15, 0.2) is 42.5 Å². The summed E-state index contributed by atoms with van der Waals surface area (Å²) >= 11 is 0. The van der Waals surface area contributed by atoms with E-state index in [0.717, 1.165) is 16.9 Å². The van der Waals surface area contributed by atoms with Gasteiger partial charge in [0.05, 0.1) is 27.2 Å². The van der Waals surface area contributed by atoms with E-state index in [2.05, 4.69) is 5.32 Å². The minimum atomic E-state index is -0.325. The molecule has 7 heteroatoms. The summed E-state index contributed by atoms with van der Waals surface area (Å²) in [6.07, 6.45) is 0.931. The van der Waals surface area contributed by atoms with Crippen LogP contribution in [0.5, 0.6) is 17.2 Å². The average molecular weight is 412 g/mol. The van der Waals surface area contributed by atoms with Gasteiger partial charge in [-0.25, -0.2) is 0 Å². The zero-order valence-corrected chi connectivity index (χ0v) is 17.6. The number of methoxy groups -OCH3 is 3. The van der Waals surface area contributed by atoms with E-state index < -0.39 is 0 Å². The number of rotatable bonds is 9. The van der Waals surface area contributed by atoms with Crippen molar-refractivity contribution in [3.63, 3.8) is 0 Å². The molecule has 1 saturated heterocycles. The summed E-state index contributed by atoms with van der Waals surface area (Å²) in [5.74, 6) is 1.67. The molecule has 1 atom stereocenters. The minimum absolute atomic E-state index is 0.0111. The third kappa shape index (κ3) is 5.23. The predicted octanol–water partition coefficient (Wildman–Crippen LogP) is 2.42. The van der Waals surface area contributed by atoms with Gasteiger partial charge in [-0.15, -0.1) is 0 Å². The summed E-state index contributed by atoms with van der Waals surface area (Å²) in [5, 5.41) is 2.93. The highest BCUT2D eigenvalue weighted by Crippen LogP contribution is 2.28. The minimum Gasteiger partial charge on any atom is -0.497 e. The molecule has 0 bridgehead atoms. The largest absolute Gasteiger partial charge is 0.497 e. The van der Waals surface area contributed by atoms with Gasteiger partial charge >= 0.3 is 0 Å². The van der Waals surface area contributed by atoms with Crippen molar-refractivity contribution in [3.05, 3.63) is 53.6 Å². The van der Waals surface area contributed by atoms with Gasteiger partial charge in [0.25, 0.3) is 0 Å². The van der Waals surface area contributed by atoms with Crippen molar-refractivity contribution < 1.29 is 23.8 Å². The molecule has 1 aliphatic rings. The van der Waals surface area contributed by atoms with Gasteiger partial charge in [0, 0.05) is 26.1 Å². The third-order valence-electron chi connectivity index (χ3n) is 5.30. The number of likely N-dealkylation sites (tertiary alicyclic amines) is 1. The highest BCUT2D eigenvalue weighted by molar-refractivity contribution is 5.89. The van der Waals surface area contributed by atoms with Crippen molar-refractivity contribution >= 4 is 11.8 Å². The second-order valence-electron chi connectivity index (χ2n) is 7.25. The van der Waals surface area contributed by atoms with E-state index in [0.29, 0.717) is 37.6 Å². The van der Waals surface area contributed by atoms with E-state index in [1.54, 1.807) is 26.2 Å². The highest BCUT2D eigenvalue weighted by atomic mass is 16.5. The van der Waals surface area contributed by atoms with Crippen LogP contribution in [0, 0.1) is 5.92 Å². The van der Waals surface area contributed by atoms with Crippen molar-refractivity contribution in [2.45, 2.75) is 19.4 Å². The molecule has 7 nitrogen and oxygen atoms in total. The number of carbonyl (C=O) groups excluding carboxylic acids is 2. The molecular formula is C23H28N2O5. The Balaban J connectivity index is 1.51. The van der Waals surface area contributed by atoms with Gasteiger partial charge in [-0.05, 0) is 41.8 Å². The number of amides is 2. The Labute approximate surface area is 176 Å². The molecule has 0 aromatic heterocycles. The molecule has 1 unspecified atom stereocenters. The fraction of sp³-hybridized carbons (Fsp3) is 0.391. The van der Waals surface area contributed by atoms with Crippen LogP contribution in [0.1, 0.15) is 17.5 Å². The lowest BCUT2D eigenvalue weighted by Crippen LogP contribution is -2.33. The normalized spacial score (nSPS) is 15.8. The molecule has 1 heterocycles. The molecule has 0 aliphatic carbocycles. The molecule has 0 saturated carbocycles. The zero-order valence-electron chi connectivity index (χ0n) is 17.6. The Morgan fingerprint density at radius 1 is 1.03 bits per heavy atom. The lowest BCUT2D eigenvalue weighted by atomic mass is 10.1. The number of nitrogens with zero attached hydrogens (tertiary/aromatic N) is 1. The van der Waals surface area contributed by atoms with Gasteiger partial charge in [0.15, 0.2) is 11.5 Å². The monoisotopic (exact) mass is 412 g/mol. The van der Waals surface area contributed by atoms with Crippen molar-refractivity contribution in [3.8, 4) is 17.2 Å². The van der Waals surface area contributed by atoms with Gasteiger partial charge in [0.2, 0.25) is 11.8 Å². The molecule has 2 amide bonds. The van der Waals surface area contributed by atoms with Gasteiger partial charge in [-0.1, -0.05) is 18.2 Å². The Kier molecular flexibility index (Phi) is 7.17. The number of benzene rings is 2. The van der Waals surface area contributed by atoms with E-state index in [-0.39, 0.29) is 24.2 Å². The van der Waals surface area contributed by atoms with Crippen LogP contribution in [-0.2, 0) is 22.6 Å². The van der Waals surface area contributed by atoms with Gasteiger partial charge in [0.1, 0.15) is 5.75 Å².